The topological polar surface area (TPSA) is 119 Å². The molecule has 9 nitrogen and oxygen atoms in total. The molecule has 4 heterocycles. The Kier molecular flexibility index (Phi) is 6.01. The summed E-state index contributed by atoms with van der Waals surface area (Å²) < 4.78 is 21.4. The highest BCUT2D eigenvalue weighted by atomic mass is 32.1. The number of rotatable bonds is 7. The van der Waals surface area contributed by atoms with E-state index < -0.39 is 5.54 Å². The van der Waals surface area contributed by atoms with Crippen LogP contribution in [0.15, 0.2) is 53.4 Å². The van der Waals surface area contributed by atoms with Crippen LogP contribution in [0, 0.1) is 17.7 Å². The first kappa shape index (κ1) is 24.7. The molecule has 6 rings (SSSR count). The van der Waals surface area contributed by atoms with Gasteiger partial charge in [0.1, 0.15) is 29.0 Å². The monoisotopic (exact) mass is 534 g/mol. The van der Waals surface area contributed by atoms with E-state index in [1.807, 2.05) is 10.3 Å². The average Bonchev–Trinajstić information content (AvgIpc) is 3.42. The van der Waals surface area contributed by atoms with Crippen molar-refractivity contribution in [3.05, 3.63) is 70.4 Å². The SMILES string of the molecule is Cn1nc(-c2cscn2)cc1C(=O)N1C[C@@H]2C(Oc3cc(C(C)(N)CO)cc(-c4ccc(F)cc4)n3)[C@@H]2C1. The van der Waals surface area contributed by atoms with Crippen molar-refractivity contribution >= 4 is 17.2 Å². The van der Waals surface area contributed by atoms with Crippen LogP contribution in [0.25, 0.3) is 22.6 Å². The molecule has 0 bridgehead atoms. The fraction of sp³-hybridized carbons (Fsp3) is 0.333. The summed E-state index contributed by atoms with van der Waals surface area (Å²) in [6.45, 7) is 2.64. The number of benzene rings is 1. The largest absolute Gasteiger partial charge is 0.474 e. The number of aryl methyl sites for hydroxylation is 1. The van der Waals surface area contributed by atoms with E-state index in [-0.39, 0.29) is 36.3 Å². The number of aliphatic hydroxyl groups excluding tert-OH is 1. The van der Waals surface area contributed by atoms with Gasteiger partial charge in [-0.1, -0.05) is 0 Å². The third-order valence-electron chi connectivity index (χ3n) is 7.38. The van der Waals surface area contributed by atoms with Gasteiger partial charge in [0, 0.05) is 49.0 Å². The lowest BCUT2D eigenvalue weighted by atomic mass is 9.93. The van der Waals surface area contributed by atoms with E-state index in [0.29, 0.717) is 47.2 Å². The number of hydrogen-bond acceptors (Lipinski definition) is 8. The molecule has 1 saturated heterocycles. The molecule has 3 aromatic heterocycles. The lowest BCUT2D eigenvalue weighted by Crippen LogP contribution is -2.37. The predicted octanol–water partition coefficient (Wildman–Crippen LogP) is 3.06. The van der Waals surface area contributed by atoms with Gasteiger partial charge in [0.05, 0.1) is 23.4 Å². The smallest absolute Gasteiger partial charge is 0.272 e. The van der Waals surface area contributed by atoms with E-state index in [1.54, 1.807) is 54.5 Å². The van der Waals surface area contributed by atoms with Crippen LogP contribution in [0.3, 0.4) is 0 Å². The molecule has 0 radical (unpaired) electrons. The lowest BCUT2D eigenvalue weighted by molar-refractivity contribution is 0.0740. The number of ether oxygens (including phenoxy) is 1. The van der Waals surface area contributed by atoms with Gasteiger partial charge in [0.15, 0.2) is 0 Å². The Bertz CT molecular complexity index is 1480. The molecule has 0 spiro atoms. The Morgan fingerprint density at radius 2 is 1.92 bits per heavy atom. The third kappa shape index (κ3) is 4.46. The molecule has 1 aromatic carbocycles. The summed E-state index contributed by atoms with van der Waals surface area (Å²) in [5.41, 5.74) is 11.0. The maximum absolute atomic E-state index is 13.5. The summed E-state index contributed by atoms with van der Waals surface area (Å²) in [4.78, 5) is 24.0. The Balaban J connectivity index is 1.17. The Hall–Kier alpha value is -3.67. The zero-order chi connectivity index (χ0) is 26.6. The van der Waals surface area contributed by atoms with E-state index in [2.05, 4.69) is 15.1 Å². The van der Waals surface area contributed by atoms with Crippen LogP contribution in [-0.4, -0.2) is 61.5 Å². The molecule has 1 aliphatic heterocycles. The number of aliphatic hydroxyl groups is 1. The van der Waals surface area contributed by atoms with Crippen molar-refractivity contribution in [1.82, 2.24) is 24.6 Å². The molecule has 1 aliphatic carbocycles. The molecule has 1 saturated carbocycles. The lowest BCUT2D eigenvalue weighted by Gasteiger charge is -2.24. The molecule has 3 N–H and O–H groups in total. The number of fused-ring (bicyclic) bond motifs is 1. The van der Waals surface area contributed by atoms with Crippen molar-refractivity contribution in [3.63, 3.8) is 0 Å². The van der Waals surface area contributed by atoms with Crippen LogP contribution in [0.2, 0.25) is 0 Å². The zero-order valence-corrected chi connectivity index (χ0v) is 21.7. The summed E-state index contributed by atoms with van der Waals surface area (Å²) in [6, 6.07) is 11.4. The van der Waals surface area contributed by atoms with Gasteiger partial charge in [-0.05, 0) is 48.9 Å². The second-order valence-corrected chi connectivity index (χ2v) is 10.9. The number of carbonyl (C=O) groups is 1. The maximum Gasteiger partial charge on any atom is 0.272 e. The molecular weight excluding hydrogens is 507 g/mol. The molecule has 4 atom stereocenters. The van der Waals surface area contributed by atoms with E-state index >= 15 is 0 Å². The molecule has 11 heteroatoms. The fourth-order valence-electron chi connectivity index (χ4n) is 5.00. The number of hydrogen-bond donors (Lipinski definition) is 2. The first-order chi connectivity index (χ1) is 18.2. The molecule has 2 fully saturated rings. The molecule has 1 amide bonds. The Morgan fingerprint density at radius 1 is 1.18 bits per heavy atom. The minimum absolute atomic E-state index is 0.0620. The average molecular weight is 535 g/mol. The van der Waals surface area contributed by atoms with Gasteiger partial charge < -0.3 is 20.5 Å². The molecule has 2 unspecified atom stereocenters. The van der Waals surface area contributed by atoms with Crippen LogP contribution < -0.4 is 10.5 Å². The Morgan fingerprint density at radius 3 is 2.58 bits per heavy atom. The van der Waals surface area contributed by atoms with Crippen molar-refractivity contribution in [1.29, 1.82) is 0 Å². The minimum Gasteiger partial charge on any atom is -0.474 e. The number of amides is 1. The van der Waals surface area contributed by atoms with Crippen molar-refractivity contribution in [2.45, 2.75) is 18.6 Å². The molecule has 196 valence electrons. The second-order valence-electron chi connectivity index (χ2n) is 10.2. The highest BCUT2D eigenvalue weighted by Crippen LogP contribution is 2.48. The summed E-state index contributed by atoms with van der Waals surface area (Å²) in [6.07, 6.45) is -0.0712. The van der Waals surface area contributed by atoms with Gasteiger partial charge in [-0.3, -0.25) is 9.48 Å². The number of pyridine rings is 1. The zero-order valence-electron chi connectivity index (χ0n) is 20.9. The van der Waals surface area contributed by atoms with Gasteiger partial charge in [-0.25, -0.2) is 14.4 Å². The summed E-state index contributed by atoms with van der Waals surface area (Å²) in [5.74, 6) is 0.395. The standard InChI is InChI=1S/C27H27FN6O3S/c1-27(29,13-35)16-7-20(15-3-5-17(28)6-4-15)31-24(8-16)37-25-18-10-34(11-19(18)25)26(36)23-9-21(32-33(23)2)22-12-38-14-30-22/h3-9,12,14,18-19,25,35H,10-11,13,29H2,1-2H3/t18-,19+,25?,27?. The number of nitrogens with two attached hydrogens (primary N) is 1. The molecular formula is C27H27FN6O3S. The number of thiazole rings is 1. The van der Waals surface area contributed by atoms with E-state index in [4.69, 9.17) is 10.5 Å². The minimum atomic E-state index is -1.00. The third-order valence-corrected chi connectivity index (χ3v) is 7.97. The van der Waals surface area contributed by atoms with Crippen LogP contribution in [0.5, 0.6) is 5.88 Å². The molecule has 4 aromatic rings. The highest BCUT2D eigenvalue weighted by molar-refractivity contribution is 7.07. The van der Waals surface area contributed by atoms with Gasteiger partial charge >= 0.3 is 0 Å². The first-order valence-corrected chi connectivity index (χ1v) is 13.2. The van der Waals surface area contributed by atoms with Crippen LogP contribution >= 0.6 is 11.3 Å². The fourth-order valence-corrected chi connectivity index (χ4v) is 5.55. The van der Waals surface area contributed by atoms with Gasteiger partial charge in [-0.2, -0.15) is 5.10 Å². The quantitative estimate of drug-likeness (QED) is 0.374. The van der Waals surface area contributed by atoms with E-state index in [9.17, 15) is 14.3 Å². The number of halogens is 1. The highest BCUT2D eigenvalue weighted by Gasteiger charge is 2.59. The van der Waals surface area contributed by atoms with Gasteiger partial charge in [0.25, 0.3) is 5.91 Å². The number of piperidine rings is 1. The Labute approximate surface area is 222 Å². The van der Waals surface area contributed by atoms with Crippen molar-refractivity contribution in [2.24, 2.45) is 24.6 Å². The maximum atomic E-state index is 13.5. The van der Waals surface area contributed by atoms with Crippen LogP contribution in [0.1, 0.15) is 23.0 Å². The number of nitrogens with zero attached hydrogens (tertiary/aromatic N) is 5. The number of carbonyl (C=O) groups excluding carboxylic acids is 1. The van der Waals surface area contributed by atoms with Crippen LogP contribution in [-0.2, 0) is 12.6 Å². The van der Waals surface area contributed by atoms with E-state index in [0.717, 1.165) is 5.69 Å². The van der Waals surface area contributed by atoms with Crippen LogP contribution in [0.4, 0.5) is 4.39 Å². The number of aromatic nitrogens is 4. The van der Waals surface area contributed by atoms with Crippen molar-refractivity contribution < 1.29 is 19.0 Å². The van der Waals surface area contributed by atoms with Crippen molar-refractivity contribution in [2.75, 3.05) is 19.7 Å². The predicted molar refractivity (Wildman–Crippen MR) is 140 cm³/mol. The van der Waals surface area contributed by atoms with Gasteiger partial charge in [-0.15, -0.1) is 11.3 Å². The second kappa shape index (κ2) is 9.26. The first-order valence-electron chi connectivity index (χ1n) is 12.3. The van der Waals surface area contributed by atoms with E-state index in [1.165, 1.54) is 23.5 Å². The van der Waals surface area contributed by atoms with Crippen molar-refractivity contribution in [3.8, 4) is 28.5 Å². The molecule has 2 aliphatic rings. The van der Waals surface area contributed by atoms with Gasteiger partial charge in [0.2, 0.25) is 5.88 Å². The molecule has 38 heavy (non-hydrogen) atoms. The number of likely N-dealkylation sites (tertiary alicyclic amines) is 1. The summed E-state index contributed by atoms with van der Waals surface area (Å²) in [5, 5.41) is 16.2. The summed E-state index contributed by atoms with van der Waals surface area (Å²) in [7, 11) is 1.76. The normalized spacial score (nSPS) is 21.7. The summed E-state index contributed by atoms with van der Waals surface area (Å²) >= 11 is 1.48.